The van der Waals surface area contributed by atoms with Gasteiger partial charge in [-0.05, 0) is 57.8 Å². The predicted molar refractivity (Wildman–Crippen MR) is 284 cm³/mol. The van der Waals surface area contributed by atoms with Gasteiger partial charge in [0.1, 0.15) is 13.2 Å². The fourth-order valence-electron chi connectivity index (χ4n) is 7.82. The Morgan fingerprint density at radius 3 is 0.924 bits per heavy atom. The van der Waals surface area contributed by atoms with Crippen LogP contribution in [0.3, 0.4) is 0 Å². The zero-order valence-corrected chi connectivity index (χ0v) is 43.4. The Morgan fingerprint density at radius 1 is 0.318 bits per heavy atom. The fourth-order valence-corrected chi connectivity index (χ4v) is 7.82. The molecule has 0 rings (SSSR count). The van der Waals surface area contributed by atoms with E-state index in [1.165, 1.54) is 148 Å². The van der Waals surface area contributed by atoms with Crippen molar-refractivity contribution < 1.29 is 28.6 Å². The maximum atomic E-state index is 12.8. The van der Waals surface area contributed by atoms with Gasteiger partial charge >= 0.3 is 17.9 Å². The summed E-state index contributed by atoms with van der Waals surface area (Å²) in [5, 5.41) is 0. The summed E-state index contributed by atoms with van der Waals surface area (Å²) in [6.45, 7) is 6.48. The average molecular weight is 921 g/mol. The maximum Gasteiger partial charge on any atom is 0.306 e. The smallest absolute Gasteiger partial charge is 0.306 e. The lowest BCUT2D eigenvalue weighted by molar-refractivity contribution is -0.166. The highest BCUT2D eigenvalue weighted by molar-refractivity contribution is 5.71. The van der Waals surface area contributed by atoms with Crippen LogP contribution in [0.5, 0.6) is 0 Å². The van der Waals surface area contributed by atoms with Crippen LogP contribution >= 0.6 is 0 Å². The number of hydrogen-bond acceptors (Lipinski definition) is 6. The number of carbonyl (C=O) groups excluding carboxylic acids is 3. The van der Waals surface area contributed by atoms with Crippen molar-refractivity contribution in [1.29, 1.82) is 0 Å². The molecule has 0 aliphatic rings. The first-order valence-electron chi connectivity index (χ1n) is 27.9. The molecule has 0 radical (unpaired) electrons. The third-order valence-corrected chi connectivity index (χ3v) is 12.0. The van der Waals surface area contributed by atoms with Gasteiger partial charge in [-0.1, -0.05) is 267 Å². The van der Waals surface area contributed by atoms with Crippen LogP contribution in [0.25, 0.3) is 0 Å². The van der Waals surface area contributed by atoms with E-state index in [9.17, 15) is 14.4 Å². The van der Waals surface area contributed by atoms with E-state index in [1.807, 2.05) is 6.08 Å². The second-order valence-corrected chi connectivity index (χ2v) is 18.5. The number of carbonyl (C=O) groups is 3. The number of hydrogen-bond donors (Lipinski definition) is 0. The lowest BCUT2D eigenvalue weighted by Gasteiger charge is -2.18. The van der Waals surface area contributed by atoms with Crippen LogP contribution in [-0.2, 0) is 28.6 Å². The minimum Gasteiger partial charge on any atom is -0.462 e. The number of allylic oxidation sites excluding steroid dienone is 12. The molecule has 0 saturated carbocycles. The van der Waals surface area contributed by atoms with Crippen molar-refractivity contribution in [3.63, 3.8) is 0 Å². The third-order valence-electron chi connectivity index (χ3n) is 12.0. The molecule has 0 aromatic heterocycles. The zero-order valence-electron chi connectivity index (χ0n) is 43.4. The van der Waals surface area contributed by atoms with E-state index in [1.54, 1.807) is 0 Å². The number of unbranched alkanes of at least 4 members (excludes halogenated alkanes) is 27. The van der Waals surface area contributed by atoms with Crippen LogP contribution < -0.4 is 0 Å². The molecule has 0 aromatic carbocycles. The molecule has 0 spiro atoms. The summed E-state index contributed by atoms with van der Waals surface area (Å²) in [5.41, 5.74) is 0. The van der Waals surface area contributed by atoms with E-state index in [4.69, 9.17) is 14.2 Å². The van der Waals surface area contributed by atoms with Gasteiger partial charge in [-0.25, -0.2) is 0 Å². The number of esters is 3. The molecule has 0 heterocycles. The van der Waals surface area contributed by atoms with Crippen molar-refractivity contribution in [1.82, 2.24) is 0 Å². The summed E-state index contributed by atoms with van der Waals surface area (Å²) < 4.78 is 16.8. The van der Waals surface area contributed by atoms with Gasteiger partial charge < -0.3 is 14.2 Å². The van der Waals surface area contributed by atoms with Crippen LogP contribution in [0.1, 0.15) is 271 Å². The van der Waals surface area contributed by atoms with Gasteiger partial charge in [0.25, 0.3) is 0 Å². The molecule has 0 amide bonds. The topological polar surface area (TPSA) is 78.9 Å². The van der Waals surface area contributed by atoms with E-state index >= 15 is 0 Å². The molecule has 6 nitrogen and oxygen atoms in total. The Labute approximate surface area is 408 Å². The van der Waals surface area contributed by atoms with Gasteiger partial charge in [-0.15, -0.1) is 0 Å². The van der Waals surface area contributed by atoms with Gasteiger partial charge in [0.15, 0.2) is 6.10 Å². The van der Waals surface area contributed by atoms with Crippen molar-refractivity contribution in [3.05, 3.63) is 72.9 Å². The highest BCUT2D eigenvalue weighted by atomic mass is 16.6. The number of rotatable bonds is 50. The molecule has 6 heteroatoms. The fraction of sp³-hybridized carbons (Fsp3) is 0.750. The molecule has 1 atom stereocenters. The molecule has 0 N–H and O–H groups in total. The summed E-state index contributed by atoms with van der Waals surface area (Å²) in [4.78, 5) is 38.1. The van der Waals surface area contributed by atoms with Crippen molar-refractivity contribution in [2.75, 3.05) is 13.2 Å². The van der Waals surface area contributed by atoms with Crippen molar-refractivity contribution in [2.24, 2.45) is 0 Å². The molecule has 0 fully saturated rings. The van der Waals surface area contributed by atoms with Crippen molar-refractivity contribution in [2.45, 2.75) is 277 Å². The van der Waals surface area contributed by atoms with Crippen LogP contribution in [-0.4, -0.2) is 37.2 Å². The maximum absolute atomic E-state index is 12.8. The van der Waals surface area contributed by atoms with Crippen LogP contribution in [0.2, 0.25) is 0 Å². The molecule has 0 aliphatic carbocycles. The highest BCUT2D eigenvalue weighted by Crippen LogP contribution is 2.16. The van der Waals surface area contributed by atoms with Gasteiger partial charge in [-0.3, -0.25) is 14.4 Å². The molecule has 380 valence electrons. The largest absolute Gasteiger partial charge is 0.462 e. The second-order valence-electron chi connectivity index (χ2n) is 18.5. The van der Waals surface area contributed by atoms with Gasteiger partial charge in [0.2, 0.25) is 0 Å². The van der Waals surface area contributed by atoms with Crippen molar-refractivity contribution >= 4 is 17.9 Å². The highest BCUT2D eigenvalue weighted by Gasteiger charge is 2.19. The second kappa shape index (κ2) is 54.5. The quantitative estimate of drug-likeness (QED) is 0.0262. The monoisotopic (exact) mass is 921 g/mol. The van der Waals surface area contributed by atoms with Crippen LogP contribution in [0.4, 0.5) is 0 Å². The normalized spacial score (nSPS) is 12.6. The van der Waals surface area contributed by atoms with E-state index in [2.05, 4.69) is 87.6 Å². The van der Waals surface area contributed by atoms with Gasteiger partial charge in [0.05, 0.1) is 0 Å². The molecule has 0 bridgehead atoms. The summed E-state index contributed by atoms with van der Waals surface area (Å²) in [5.74, 6) is -0.972. The summed E-state index contributed by atoms with van der Waals surface area (Å²) >= 11 is 0. The standard InChI is InChI=1S/C60H104O6/c1-4-7-10-13-16-19-22-25-28-29-30-31-33-35-38-41-44-47-50-53-59(62)65-56-57(55-64-58(61)52-49-46-43-40-37-34-27-24-21-18-15-12-9-6-3)66-60(63)54-51-48-45-42-39-36-32-26-23-20-17-14-11-8-5-2/h7,10,16,19,25,28,30-31,35,38,44,47,57H,4-6,8-9,11-15,17-18,20-24,26-27,29,32-34,36-37,39-43,45-46,48-56H2,1-3H3/b10-7-,19-16-,28-25-,31-30-,38-35-,47-44-. The summed E-state index contributed by atoms with van der Waals surface area (Å²) in [6.07, 6.45) is 69.0. The zero-order chi connectivity index (χ0) is 47.9. The van der Waals surface area contributed by atoms with E-state index in [0.29, 0.717) is 19.3 Å². The Kier molecular flexibility index (Phi) is 51.9. The first kappa shape index (κ1) is 62.8. The molecular weight excluding hydrogens is 817 g/mol. The van der Waals surface area contributed by atoms with Crippen LogP contribution in [0, 0.1) is 0 Å². The van der Waals surface area contributed by atoms with Crippen LogP contribution in [0.15, 0.2) is 72.9 Å². The van der Waals surface area contributed by atoms with Crippen molar-refractivity contribution in [3.8, 4) is 0 Å². The lowest BCUT2D eigenvalue weighted by Crippen LogP contribution is -2.30. The molecule has 66 heavy (non-hydrogen) atoms. The minimum atomic E-state index is -0.802. The minimum absolute atomic E-state index is 0.0948. The first-order chi connectivity index (χ1) is 32.5. The van der Waals surface area contributed by atoms with E-state index in [-0.39, 0.29) is 37.5 Å². The molecular formula is C60H104O6. The predicted octanol–water partition coefficient (Wildman–Crippen LogP) is 18.6. The van der Waals surface area contributed by atoms with E-state index < -0.39 is 6.10 Å². The SMILES string of the molecule is CC/C=C\C/C=C\C/C=C\C/C=C\C/C=C\C/C=C\CCC(=O)OCC(COC(=O)CCCCCCCCCCCCCCCC)OC(=O)CCCCCCCCCCCCCCCCC. The third kappa shape index (κ3) is 51.8. The molecule has 1 unspecified atom stereocenters. The Morgan fingerprint density at radius 2 is 0.591 bits per heavy atom. The first-order valence-corrected chi connectivity index (χ1v) is 27.9. The van der Waals surface area contributed by atoms with E-state index in [0.717, 1.165) is 77.0 Å². The van der Waals surface area contributed by atoms with Gasteiger partial charge in [-0.2, -0.15) is 0 Å². The number of ether oxygens (including phenoxy) is 3. The lowest BCUT2D eigenvalue weighted by atomic mass is 10.0. The van der Waals surface area contributed by atoms with Gasteiger partial charge in [0, 0.05) is 19.3 Å². The molecule has 0 saturated heterocycles. The Hall–Kier alpha value is -3.15. The Bertz CT molecular complexity index is 1240. The average Bonchev–Trinajstić information content (AvgIpc) is 3.31. The summed E-state index contributed by atoms with van der Waals surface area (Å²) in [7, 11) is 0. The summed E-state index contributed by atoms with van der Waals surface area (Å²) in [6, 6.07) is 0. The molecule has 0 aliphatic heterocycles. The Balaban J connectivity index is 4.47. The molecule has 0 aromatic rings.